The number of hydrogen-bond acceptors (Lipinski definition) is 4. The van der Waals surface area contributed by atoms with E-state index in [1.165, 1.54) is 0 Å². The van der Waals surface area contributed by atoms with E-state index < -0.39 is 0 Å². The van der Waals surface area contributed by atoms with Gasteiger partial charge in [0.2, 0.25) is 5.88 Å². The van der Waals surface area contributed by atoms with Gasteiger partial charge in [-0.25, -0.2) is 4.98 Å². The van der Waals surface area contributed by atoms with E-state index in [1.54, 1.807) is 18.5 Å². The normalized spacial score (nSPS) is 10.7. The third kappa shape index (κ3) is 2.64. The molecule has 0 spiro atoms. The summed E-state index contributed by atoms with van der Waals surface area (Å²) in [7, 11) is 0. The maximum absolute atomic E-state index is 9.34. The Labute approximate surface area is 124 Å². The number of ether oxygens (including phenoxy) is 1. The van der Waals surface area contributed by atoms with Gasteiger partial charge >= 0.3 is 0 Å². The van der Waals surface area contributed by atoms with Crippen LogP contribution in [-0.4, -0.2) is 15.1 Å². The highest BCUT2D eigenvalue weighted by atomic mass is 79.9. The van der Waals surface area contributed by atoms with Crippen molar-refractivity contribution in [1.29, 1.82) is 0 Å². The van der Waals surface area contributed by atoms with Crippen LogP contribution in [0.3, 0.4) is 0 Å². The van der Waals surface area contributed by atoms with E-state index in [0.29, 0.717) is 17.2 Å². The summed E-state index contributed by atoms with van der Waals surface area (Å²) in [6.07, 6.45) is 3.37. The summed E-state index contributed by atoms with van der Waals surface area (Å²) in [4.78, 5) is 8.46. The number of nitrogens with zero attached hydrogens (tertiary/aromatic N) is 2. The molecule has 0 aliphatic heterocycles. The molecule has 0 saturated heterocycles. The first-order valence-electron chi connectivity index (χ1n) is 6.04. The van der Waals surface area contributed by atoms with E-state index in [4.69, 9.17) is 4.74 Å². The van der Waals surface area contributed by atoms with Crippen molar-refractivity contribution in [2.45, 2.75) is 6.61 Å². The fraction of sp³-hybridized carbons (Fsp3) is 0.0667. The van der Waals surface area contributed by atoms with Crippen LogP contribution in [0.5, 0.6) is 11.6 Å². The zero-order chi connectivity index (χ0) is 13.9. The van der Waals surface area contributed by atoms with Crippen LogP contribution >= 0.6 is 15.9 Å². The van der Waals surface area contributed by atoms with Crippen molar-refractivity contribution in [1.82, 2.24) is 9.97 Å². The SMILES string of the molecule is OCc1cc(Br)cnc1Oc1ccc2cccnc2c1. The van der Waals surface area contributed by atoms with Gasteiger partial charge in [0.15, 0.2) is 0 Å². The molecule has 0 saturated carbocycles. The van der Waals surface area contributed by atoms with E-state index in [-0.39, 0.29) is 6.61 Å². The average Bonchev–Trinajstić information content (AvgIpc) is 2.49. The van der Waals surface area contributed by atoms with Gasteiger partial charge in [0.1, 0.15) is 5.75 Å². The second-order valence-electron chi connectivity index (χ2n) is 4.24. The lowest BCUT2D eigenvalue weighted by Gasteiger charge is -2.09. The maximum Gasteiger partial charge on any atom is 0.224 e. The monoisotopic (exact) mass is 330 g/mol. The van der Waals surface area contributed by atoms with Crippen molar-refractivity contribution in [2.75, 3.05) is 0 Å². The average molecular weight is 331 g/mol. The summed E-state index contributed by atoms with van der Waals surface area (Å²) in [5.74, 6) is 1.03. The van der Waals surface area contributed by atoms with Gasteiger partial charge in [-0.3, -0.25) is 4.98 Å². The van der Waals surface area contributed by atoms with Crippen molar-refractivity contribution in [3.05, 3.63) is 58.8 Å². The second kappa shape index (κ2) is 5.56. The lowest BCUT2D eigenvalue weighted by molar-refractivity contribution is 0.275. The van der Waals surface area contributed by atoms with Crippen LogP contribution < -0.4 is 4.74 Å². The van der Waals surface area contributed by atoms with Crippen LogP contribution in [0.4, 0.5) is 0 Å². The zero-order valence-electron chi connectivity index (χ0n) is 10.5. The van der Waals surface area contributed by atoms with Gasteiger partial charge < -0.3 is 9.84 Å². The maximum atomic E-state index is 9.34. The third-order valence-electron chi connectivity index (χ3n) is 2.85. The Bertz CT molecular complexity index is 762. The topological polar surface area (TPSA) is 55.2 Å². The molecule has 2 heterocycles. The van der Waals surface area contributed by atoms with E-state index in [9.17, 15) is 5.11 Å². The minimum absolute atomic E-state index is 0.131. The highest BCUT2D eigenvalue weighted by Crippen LogP contribution is 2.27. The Balaban J connectivity index is 1.96. The molecule has 1 N–H and O–H groups in total. The Morgan fingerprint density at radius 2 is 2.05 bits per heavy atom. The summed E-state index contributed by atoms with van der Waals surface area (Å²) in [6.45, 7) is -0.131. The van der Waals surface area contributed by atoms with Crippen molar-refractivity contribution < 1.29 is 9.84 Å². The molecular formula is C15H11BrN2O2. The summed E-state index contributed by atoms with van der Waals surface area (Å²) >= 11 is 3.32. The number of hydrogen-bond donors (Lipinski definition) is 1. The number of rotatable bonds is 3. The van der Waals surface area contributed by atoms with Gasteiger partial charge in [0.25, 0.3) is 0 Å². The Morgan fingerprint density at radius 3 is 2.90 bits per heavy atom. The Morgan fingerprint density at radius 1 is 1.15 bits per heavy atom. The van der Waals surface area contributed by atoms with E-state index in [1.807, 2.05) is 30.3 Å². The molecule has 0 unspecified atom stereocenters. The summed E-state index contributed by atoms with van der Waals surface area (Å²) in [5.41, 5.74) is 1.48. The first kappa shape index (κ1) is 13.0. The molecule has 0 amide bonds. The van der Waals surface area contributed by atoms with Gasteiger partial charge in [0.05, 0.1) is 12.1 Å². The summed E-state index contributed by atoms with van der Waals surface area (Å²) in [6, 6.07) is 11.3. The molecular weight excluding hydrogens is 320 g/mol. The van der Waals surface area contributed by atoms with E-state index in [2.05, 4.69) is 25.9 Å². The van der Waals surface area contributed by atoms with Crippen LogP contribution in [0.2, 0.25) is 0 Å². The van der Waals surface area contributed by atoms with E-state index >= 15 is 0 Å². The van der Waals surface area contributed by atoms with Gasteiger partial charge in [-0.05, 0) is 40.2 Å². The molecule has 0 radical (unpaired) electrons. The molecule has 0 fully saturated rings. The molecule has 20 heavy (non-hydrogen) atoms. The highest BCUT2D eigenvalue weighted by molar-refractivity contribution is 9.10. The molecule has 100 valence electrons. The van der Waals surface area contributed by atoms with Gasteiger partial charge in [0, 0.05) is 33.9 Å². The van der Waals surface area contributed by atoms with E-state index in [0.717, 1.165) is 15.4 Å². The molecule has 0 atom stereocenters. The zero-order valence-corrected chi connectivity index (χ0v) is 12.0. The molecule has 2 aromatic heterocycles. The van der Waals surface area contributed by atoms with Crippen molar-refractivity contribution >= 4 is 26.8 Å². The molecule has 0 bridgehead atoms. The molecule has 0 aliphatic carbocycles. The van der Waals surface area contributed by atoms with Gasteiger partial charge in [-0.15, -0.1) is 0 Å². The lowest BCUT2D eigenvalue weighted by Crippen LogP contribution is -1.95. The molecule has 4 nitrogen and oxygen atoms in total. The van der Waals surface area contributed by atoms with Crippen molar-refractivity contribution in [2.24, 2.45) is 0 Å². The Hall–Kier alpha value is -1.98. The highest BCUT2D eigenvalue weighted by Gasteiger charge is 2.07. The lowest BCUT2D eigenvalue weighted by atomic mass is 10.2. The molecule has 3 aromatic rings. The predicted molar refractivity (Wildman–Crippen MR) is 79.7 cm³/mol. The molecule has 3 rings (SSSR count). The number of benzene rings is 1. The predicted octanol–water partition coefficient (Wildman–Crippen LogP) is 3.68. The number of aliphatic hydroxyl groups excluding tert-OH is 1. The van der Waals surface area contributed by atoms with Crippen molar-refractivity contribution in [3.8, 4) is 11.6 Å². The molecule has 1 aromatic carbocycles. The number of pyridine rings is 2. The first-order chi connectivity index (χ1) is 9.76. The van der Waals surface area contributed by atoms with Gasteiger partial charge in [-0.1, -0.05) is 6.07 Å². The summed E-state index contributed by atoms with van der Waals surface area (Å²) < 4.78 is 6.53. The quantitative estimate of drug-likeness (QED) is 0.795. The third-order valence-corrected chi connectivity index (χ3v) is 3.29. The van der Waals surface area contributed by atoms with Gasteiger partial charge in [-0.2, -0.15) is 0 Å². The summed E-state index contributed by atoms with van der Waals surface area (Å²) in [5, 5.41) is 10.4. The second-order valence-corrected chi connectivity index (χ2v) is 5.15. The number of fused-ring (bicyclic) bond motifs is 1. The largest absolute Gasteiger partial charge is 0.439 e. The van der Waals surface area contributed by atoms with Crippen LogP contribution in [0, 0.1) is 0 Å². The van der Waals surface area contributed by atoms with Crippen molar-refractivity contribution in [3.63, 3.8) is 0 Å². The van der Waals surface area contributed by atoms with Crippen LogP contribution in [0.25, 0.3) is 10.9 Å². The van der Waals surface area contributed by atoms with Crippen LogP contribution in [-0.2, 0) is 6.61 Å². The minimum Gasteiger partial charge on any atom is -0.439 e. The van der Waals surface area contributed by atoms with Crippen LogP contribution in [0.15, 0.2) is 53.3 Å². The smallest absolute Gasteiger partial charge is 0.224 e. The first-order valence-corrected chi connectivity index (χ1v) is 6.83. The number of aliphatic hydroxyl groups is 1. The number of halogens is 1. The van der Waals surface area contributed by atoms with Crippen LogP contribution in [0.1, 0.15) is 5.56 Å². The standard InChI is InChI=1S/C15H11BrN2O2/c16-12-6-11(9-19)15(18-8-12)20-13-4-3-10-2-1-5-17-14(10)7-13/h1-8,19H,9H2. The minimum atomic E-state index is -0.131. The molecule has 0 aliphatic rings. The fourth-order valence-electron chi connectivity index (χ4n) is 1.90. The number of aromatic nitrogens is 2. The molecule has 5 heteroatoms. The fourth-order valence-corrected chi connectivity index (χ4v) is 2.27. The Kier molecular flexibility index (Phi) is 3.62.